The summed E-state index contributed by atoms with van der Waals surface area (Å²) in [6, 6.07) is 5.83. The summed E-state index contributed by atoms with van der Waals surface area (Å²) in [5.41, 5.74) is 2.17. The fourth-order valence-corrected chi connectivity index (χ4v) is 2.94. The molecule has 0 heterocycles. The maximum atomic E-state index is 12.1. The highest BCUT2D eigenvalue weighted by Crippen LogP contribution is 2.45. The largest absolute Gasteiger partial charge is 0.466 e. The van der Waals surface area contributed by atoms with Gasteiger partial charge in [0.2, 0.25) is 0 Å². The quantitative estimate of drug-likeness (QED) is 0.581. The van der Waals surface area contributed by atoms with Gasteiger partial charge in [-0.3, -0.25) is 0 Å². The van der Waals surface area contributed by atoms with Crippen LogP contribution < -0.4 is 0 Å². The molecule has 0 amide bonds. The molecule has 1 aromatic carbocycles. The lowest BCUT2D eigenvalue weighted by atomic mass is 9.99. The number of likely N-dealkylation sites (N-methyl/N-ethyl adjacent to an activating group) is 1. The second kappa shape index (κ2) is 7.71. The van der Waals surface area contributed by atoms with Crippen molar-refractivity contribution in [1.82, 2.24) is 4.90 Å². The standard InChI is InChI=1S/C18H22ClNO4/c1-11-5-6-13(9-14(11)19)17(12-7-8-12)20(2)15(18(22)24-4)10-16(21)23-3/h5-6,9-10,12,17H,7-8H2,1-4H3/b15-10+. The number of rotatable bonds is 6. The molecule has 0 saturated heterocycles. The van der Waals surface area contributed by atoms with Crippen LogP contribution in [0.15, 0.2) is 30.0 Å². The highest BCUT2D eigenvalue weighted by atomic mass is 35.5. The molecule has 1 saturated carbocycles. The summed E-state index contributed by atoms with van der Waals surface area (Å²) >= 11 is 6.26. The van der Waals surface area contributed by atoms with E-state index in [2.05, 4.69) is 4.74 Å². The van der Waals surface area contributed by atoms with Gasteiger partial charge in [-0.1, -0.05) is 23.7 Å². The van der Waals surface area contributed by atoms with Crippen LogP contribution in [0.25, 0.3) is 0 Å². The van der Waals surface area contributed by atoms with Crippen LogP contribution in [0.2, 0.25) is 5.02 Å². The first-order chi connectivity index (χ1) is 11.4. The predicted octanol–water partition coefficient (Wildman–Crippen LogP) is 3.26. The van der Waals surface area contributed by atoms with E-state index in [9.17, 15) is 9.59 Å². The molecule has 1 unspecified atom stereocenters. The van der Waals surface area contributed by atoms with Crippen LogP contribution >= 0.6 is 11.6 Å². The molecule has 0 aromatic heterocycles. The SMILES string of the molecule is COC(=O)/C=C(\C(=O)OC)N(C)C(c1ccc(C)c(Cl)c1)C1CC1. The van der Waals surface area contributed by atoms with E-state index < -0.39 is 11.9 Å². The van der Waals surface area contributed by atoms with E-state index >= 15 is 0 Å². The van der Waals surface area contributed by atoms with Gasteiger partial charge in [0.15, 0.2) is 0 Å². The molecule has 130 valence electrons. The molecule has 1 atom stereocenters. The highest BCUT2D eigenvalue weighted by molar-refractivity contribution is 6.31. The average Bonchev–Trinajstić information content (AvgIpc) is 3.39. The minimum Gasteiger partial charge on any atom is -0.466 e. The molecule has 1 aromatic rings. The summed E-state index contributed by atoms with van der Waals surface area (Å²) in [4.78, 5) is 25.6. The summed E-state index contributed by atoms with van der Waals surface area (Å²) in [7, 11) is 4.34. The summed E-state index contributed by atoms with van der Waals surface area (Å²) in [6.45, 7) is 1.94. The molecule has 1 aliphatic rings. The van der Waals surface area contributed by atoms with Crippen molar-refractivity contribution in [1.29, 1.82) is 0 Å². The van der Waals surface area contributed by atoms with Crippen LogP contribution in [0.4, 0.5) is 0 Å². The van der Waals surface area contributed by atoms with Crippen molar-refractivity contribution in [2.24, 2.45) is 5.92 Å². The number of benzene rings is 1. The molecular formula is C18H22ClNO4. The van der Waals surface area contributed by atoms with Crippen LogP contribution in [0.5, 0.6) is 0 Å². The molecule has 0 N–H and O–H groups in total. The Hall–Kier alpha value is -2.01. The Morgan fingerprint density at radius 1 is 1.29 bits per heavy atom. The van der Waals surface area contributed by atoms with Gasteiger partial charge in [0, 0.05) is 12.1 Å². The molecular weight excluding hydrogens is 330 g/mol. The number of esters is 2. The van der Waals surface area contributed by atoms with Crippen molar-refractivity contribution < 1.29 is 19.1 Å². The van der Waals surface area contributed by atoms with Crippen LogP contribution in [0, 0.1) is 12.8 Å². The molecule has 6 heteroatoms. The van der Waals surface area contributed by atoms with Gasteiger partial charge in [0.05, 0.1) is 26.3 Å². The molecule has 0 aliphatic heterocycles. The Morgan fingerprint density at radius 2 is 1.96 bits per heavy atom. The predicted molar refractivity (Wildman–Crippen MR) is 91.5 cm³/mol. The zero-order valence-electron chi connectivity index (χ0n) is 14.3. The smallest absolute Gasteiger partial charge is 0.354 e. The Bertz CT molecular complexity index is 667. The number of methoxy groups -OCH3 is 2. The van der Waals surface area contributed by atoms with E-state index in [1.165, 1.54) is 14.2 Å². The van der Waals surface area contributed by atoms with E-state index in [1.54, 1.807) is 11.9 Å². The summed E-state index contributed by atoms with van der Waals surface area (Å²) in [5.74, 6) is -0.773. The number of carbonyl (C=O) groups excluding carboxylic acids is 2. The van der Waals surface area contributed by atoms with Crippen molar-refractivity contribution in [3.63, 3.8) is 0 Å². The lowest BCUT2D eigenvalue weighted by Crippen LogP contribution is -2.31. The Kier molecular flexibility index (Phi) is 5.89. The van der Waals surface area contributed by atoms with E-state index in [-0.39, 0.29) is 11.7 Å². The monoisotopic (exact) mass is 351 g/mol. The maximum absolute atomic E-state index is 12.1. The third-order valence-corrected chi connectivity index (χ3v) is 4.66. The van der Waals surface area contributed by atoms with Gasteiger partial charge in [-0.25, -0.2) is 9.59 Å². The topological polar surface area (TPSA) is 55.8 Å². The zero-order chi connectivity index (χ0) is 17.9. The lowest BCUT2D eigenvalue weighted by Gasteiger charge is -2.31. The molecule has 0 radical (unpaired) electrons. The van der Waals surface area contributed by atoms with Crippen LogP contribution in [-0.4, -0.2) is 38.1 Å². The van der Waals surface area contributed by atoms with E-state index in [0.717, 1.165) is 30.0 Å². The summed E-state index contributed by atoms with van der Waals surface area (Å²) in [5, 5.41) is 0.683. The third kappa shape index (κ3) is 4.09. The molecule has 0 spiro atoms. The van der Waals surface area contributed by atoms with Gasteiger partial charge < -0.3 is 14.4 Å². The normalized spacial score (nSPS) is 15.6. The number of carbonyl (C=O) groups is 2. The molecule has 1 aliphatic carbocycles. The molecule has 0 bridgehead atoms. The minimum atomic E-state index is -0.598. The highest BCUT2D eigenvalue weighted by Gasteiger charge is 2.37. The van der Waals surface area contributed by atoms with Crippen molar-refractivity contribution in [3.05, 3.63) is 46.1 Å². The van der Waals surface area contributed by atoms with Crippen molar-refractivity contribution in [2.45, 2.75) is 25.8 Å². The Morgan fingerprint density at radius 3 is 2.46 bits per heavy atom. The van der Waals surface area contributed by atoms with Gasteiger partial charge in [-0.05, 0) is 42.9 Å². The van der Waals surface area contributed by atoms with Crippen molar-refractivity contribution in [3.8, 4) is 0 Å². The Balaban J connectivity index is 2.41. The second-order valence-corrected chi connectivity index (χ2v) is 6.35. The molecule has 1 fully saturated rings. The van der Waals surface area contributed by atoms with Gasteiger partial charge in [0.1, 0.15) is 5.70 Å². The number of halogens is 1. The fraction of sp³-hybridized carbons (Fsp3) is 0.444. The molecule has 24 heavy (non-hydrogen) atoms. The third-order valence-electron chi connectivity index (χ3n) is 4.25. The van der Waals surface area contributed by atoms with E-state index in [1.807, 2.05) is 25.1 Å². The molecule has 2 rings (SSSR count). The first-order valence-electron chi connectivity index (χ1n) is 7.75. The van der Waals surface area contributed by atoms with Crippen LogP contribution in [-0.2, 0) is 19.1 Å². The number of ether oxygens (including phenoxy) is 2. The first kappa shape index (κ1) is 18.3. The van der Waals surface area contributed by atoms with Crippen LogP contribution in [0.1, 0.15) is 30.0 Å². The first-order valence-corrected chi connectivity index (χ1v) is 8.13. The van der Waals surface area contributed by atoms with Gasteiger partial charge in [-0.2, -0.15) is 0 Å². The van der Waals surface area contributed by atoms with Crippen molar-refractivity contribution in [2.75, 3.05) is 21.3 Å². The average molecular weight is 352 g/mol. The molecule has 5 nitrogen and oxygen atoms in total. The summed E-state index contributed by atoms with van der Waals surface area (Å²) in [6.07, 6.45) is 3.29. The Labute approximate surface area is 147 Å². The number of hydrogen-bond donors (Lipinski definition) is 0. The second-order valence-electron chi connectivity index (χ2n) is 5.95. The minimum absolute atomic E-state index is 0.0573. The van der Waals surface area contributed by atoms with Gasteiger partial charge in [-0.15, -0.1) is 0 Å². The van der Waals surface area contributed by atoms with Gasteiger partial charge in [0.25, 0.3) is 0 Å². The number of hydrogen-bond acceptors (Lipinski definition) is 5. The lowest BCUT2D eigenvalue weighted by molar-refractivity contribution is -0.140. The van der Waals surface area contributed by atoms with Crippen molar-refractivity contribution >= 4 is 23.5 Å². The number of aryl methyl sites for hydroxylation is 1. The summed E-state index contributed by atoms with van der Waals surface area (Å²) < 4.78 is 9.48. The number of nitrogens with zero attached hydrogens (tertiary/aromatic N) is 1. The van der Waals surface area contributed by atoms with E-state index in [0.29, 0.717) is 10.9 Å². The van der Waals surface area contributed by atoms with Gasteiger partial charge >= 0.3 is 11.9 Å². The van der Waals surface area contributed by atoms with E-state index in [4.69, 9.17) is 16.3 Å². The zero-order valence-corrected chi connectivity index (χ0v) is 15.1. The maximum Gasteiger partial charge on any atom is 0.354 e. The fourth-order valence-electron chi connectivity index (χ4n) is 2.75. The van der Waals surface area contributed by atoms with Crippen LogP contribution in [0.3, 0.4) is 0 Å².